The van der Waals surface area contributed by atoms with Crippen molar-refractivity contribution in [3.8, 4) is 0 Å². The molecule has 0 aliphatic heterocycles. The lowest BCUT2D eigenvalue weighted by Crippen LogP contribution is -2.48. The highest BCUT2D eigenvalue weighted by Gasteiger charge is 2.45. The summed E-state index contributed by atoms with van der Waals surface area (Å²) in [6.07, 6.45) is 2.61. The molecule has 180 valence electrons. The fourth-order valence-electron chi connectivity index (χ4n) is 3.69. The molecule has 0 saturated heterocycles. The van der Waals surface area contributed by atoms with Crippen molar-refractivity contribution >= 4 is 9.76 Å². The molecule has 0 spiro atoms. The van der Waals surface area contributed by atoms with Crippen LogP contribution in [0.1, 0.15) is 25.7 Å². The summed E-state index contributed by atoms with van der Waals surface area (Å²) in [6.45, 7) is 4.17. The van der Waals surface area contributed by atoms with Crippen LogP contribution < -0.4 is 0 Å². The van der Waals surface area contributed by atoms with Crippen LogP contribution in [0.3, 0.4) is 0 Å². The van der Waals surface area contributed by atoms with Crippen molar-refractivity contribution in [2.24, 2.45) is 5.92 Å². The molecule has 1 aliphatic carbocycles. The molecule has 0 amide bonds. The SMILES string of the molecule is COCCOCCO[SiH2]CC(OC)(OC)C1CCC(O)(OCCOCCOC)CC1. The minimum Gasteiger partial charge on any atom is -0.421 e. The van der Waals surface area contributed by atoms with Crippen LogP contribution in [-0.4, -0.2) is 108 Å². The lowest BCUT2D eigenvalue weighted by molar-refractivity contribution is -0.268. The van der Waals surface area contributed by atoms with E-state index in [9.17, 15) is 5.11 Å². The zero-order valence-electron chi connectivity index (χ0n) is 19.2. The summed E-state index contributed by atoms with van der Waals surface area (Å²) in [7, 11) is 5.81. The number of hydrogen-bond acceptors (Lipinski definition) is 9. The second kappa shape index (κ2) is 16.5. The van der Waals surface area contributed by atoms with Gasteiger partial charge in [-0.3, -0.25) is 0 Å². The Balaban J connectivity index is 2.32. The first kappa shape index (κ1) is 27.9. The van der Waals surface area contributed by atoms with Gasteiger partial charge >= 0.3 is 0 Å². The molecule has 0 unspecified atom stereocenters. The Morgan fingerprint density at radius 1 is 0.800 bits per heavy atom. The summed E-state index contributed by atoms with van der Waals surface area (Å²) in [5, 5.41) is 10.7. The fraction of sp³-hybridized carbons (Fsp3) is 1.00. The third-order valence-corrected chi connectivity index (χ3v) is 6.99. The maximum Gasteiger partial charge on any atom is 0.169 e. The first-order valence-corrected chi connectivity index (χ1v) is 12.3. The average Bonchev–Trinajstić information content (AvgIpc) is 2.76. The molecule has 1 N–H and O–H groups in total. The zero-order chi connectivity index (χ0) is 22.1. The third-order valence-electron chi connectivity index (χ3n) is 5.51. The van der Waals surface area contributed by atoms with Crippen LogP contribution in [0.25, 0.3) is 0 Å². The topological polar surface area (TPSA) is 94.1 Å². The van der Waals surface area contributed by atoms with Crippen molar-refractivity contribution < 1.29 is 42.7 Å². The van der Waals surface area contributed by atoms with Gasteiger partial charge in [-0.2, -0.15) is 0 Å². The van der Waals surface area contributed by atoms with Crippen LogP contribution in [0.5, 0.6) is 0 Å². The van der Waals surface area contributed by atoms with Crippen molar-refractivity contribution in [2.45, 2.75) is 43.3 Å². The van der Waals surface area contributed by atoms with Crippen molar-refractivity contribution in [3.05, 3.63) is 0 Å². The maximum absolute atomic E-state index is 10.7. The van der Waals surface area contributed by atoms with Crippen molar-refractivity contribution in [2.75, 3.05) is 81.3 Å². The molecular weight excluding hydrogens is 412 g/mol. The highest BCUT2D eigenvalue weighted by molar-refractivity contribution is 6.27. The van der Waals surface area contributed by atoms with Crippen LogP contribution in [-0.2, 0) is 37.6 Å². The van der Waals surface area contributed by atoms with E-state index in [4.69, 9.17) is 37.6 Å². The van der Waals surface area contributed by atoms with Gasteiger partial charge in [-0.1, -0.05) is 0 Å². The molecule has 0 aromatic rings. The van der Waals surface area contributed by atoms with Gasteiger partial charge in [-0.25, -0.2) is 0 Å². The van der Waals surface area contributed by atoms with E-state index in [0.717, 1.165) is 18.9 Å². The van der Waals surface area contributed by atoms with Gasteiger partial charge in [-0.15, -0.1) is 0 Å². The van der Waals surface area contributed by atoms with E-state index < -0.39 is 21.3 Å². The summed E-state index contributed by atoms with van der Waals surface area (Å²) < 4.78 is 43.8. The lowest BCUT2D eigenvalue weighted by atomic mass is 9.80. The summed E-state index contributed by atoms with van der Waals surface area (Å²) in [5.41, 5.74) is 0. The van der Waals surface area contributed by atoms with E-state index in [0.29, 0.717) is 65.7 Å². The van der Waals surface area contributed by atoms with Gasteiger partial charge in [0.15, 0.2) is 21.3 Å². The Morgan fingerprint density at radius 3 is 1.87 bits per heavy atom. The van der Waals surface area contributed by atoms with Crippen LogP contribution in [0.15, 0.2) is 0 Å². The largest absolute Gasteiger partial charge is 0.421 e. The Hall–Kier alpha value is -0.143. The molecule has 1 saturated carbocycles. The van der Waals surface area contributed by atoms with Gasteiger partial charge in [0, 0.05) is 53.2 Å². The number of methoxy groups -OCH3 is 4. The fourth-order valence-corrected chi connectivity index (χ4v) is 5.26. The van der Waals surface area contributed by atoms with E-state index in [1.54, 1.807) is 28.4 Å². The van der Waals surface area contributed by atoms with E-state index >= 15 is 0 Å². The second-order valence-corrected chi connectivity index (χ2v) is 8.68. The first-order valence-electron chi connectivity index (χ1n) is 10.7. The molecule has 1 fully saturated rings. The van der Waals surface area contributed by atoms with E-state index in [1.807, 2.05) is 0 Å². The van der Waals surface area contributed by atoms with Gasteiger partial charge < -0.3 is 42.7 Å². The maximum atomic E-state index is 10.7. The van der Waals surface area contributed by atoms with Gasteiger partial charge in [0.2, 0.25) is 0 Å². The Bertz CT molecular complexity index is 402. The van der Waals surface area contributed by atoms with Gasteiger partial charge in [0.25, 0.3) is 0 Å². The third kappa shape index (κ3) is 10.4. The minimum absolute atomic E-state index is 0.184. The molecule has 10 heteroatoms. The summed E-state index contributed by atoms with van der Waals surface area (Å²) in [4.78, 5) is 0. The molecule has 0 atom stereocenters. The smallest absolute Gasteiger partial charge is 0.169 e. The number of ether oxygens (including phenoxy) is 7. The molecule has 30 heavy (non-hydrogen) atoms. The standard InChI is InChI=1S/C20H42O9Si/c1-22-9-11-26-13-15-28-19(21)7-5-18(6-8-19)20(24-3,25-4)17-30-29-16-14-27-12-10-23-2/h18,21H,5-17,30H2,1-4H3. The molecule has 0 heterocycles. The van der Waals surface area contributed by atoms with Crippen LogP contribution in [0.2, 0.25) is 6.04 Å². The van der Waals surface area contributed by atoms with Gasteiger partial charge in [-0.05, 0) is 12.8 Å². The summed E-state index contributed by atoms with van der Waals surface area (Å²) in [6, 6.07) is 0.745. The molecule has 0 radical (unpaired) electrons. The number of rotatable bonds is 19. The van der Waals surface area contributed by atoms with Crippen LogP contribution >= 0.6 is 0 Å². The molecule has 1 aliphatic rings. The molecule has 9 nitrogen and oxygen atoms in total. The van der Waals surface area contributed by atoms with Gasteiger partial charge in [0.05, 0.1) is 52.9 Å². The Kier molecular flexibility index (Phi) is 15.3. The quantitative estimate of drug-likeness (QED) is 0.172. The average molecular weight is 455 g/mol. The predicted octanol–water partition coefficient (Wildman–Crippen LogP) is 0.716. The summed E-state index contributed by atoms with van der Waals surface area (Å²) in [5.74, 6) is -1.60. The molecule has 0 aromatic carbocycles. The molecular formula is C20H42O9Si. The van der Waals surface area contributed by atoms with E-state index in [-0.39, 0.29) is 5.92 Å². The number of aliphatic hydroxyl groups is 1. The summed E-state index contributed by atoms with van der Waals surface area (Å²) >= 11 is 0. The van der Waals surface area contributed by atoms with Crippen molar-refractivity contribution in [1.29, 1.82) is 0 Å². The van der Waals surface area contributed by atoms with Crippen molar-refractivity contribution in [3.63, 3.8) is 0 Å². The highest BCUT2D eigenvalue weighted by Crippen LogP contribution is 2.41. The molecule has 0 bridgehead atoms. The minimum atomic E-state index is -1.11. The molecule has 1 rings (SSSR count). The van der Waals surface area contributed by atoms with Gasteiger partial charge in [0.1, 0.15) is 0 Å². The predicted molar refractivity (Wildman–Crippen MR) is 114 cm³/mol. The zero-order valence-corrected chi connectivity index (χ0v) is 20.6. The van der Waals surface area contributed by atoms with Crippen LogP contribution in [0.4, 0.5) is 0 Å². The van der Waals surface area contributed by atoms with E-state index in [1.165, 1.54) is 0 Å². The molecule has 0 aromatic heterocycles. The normalized spacial score (nSPS) is 22.9. The second-order valence-electron chi connectivity index (χ2n) is 7.36. The lowest BCUT2D eigenvalue weighted by Gasteiger charge is -2.44. The highest BCUT2D eigenvalue weighted by atomic mass is 28.2. The van der Waals surface area contributed by atoms with Crippen LogP contribution in [0, 0.1) is 5.92 Å². The van der Waals surface area contributed by atoms with Crippen molar-refractivity contribution in [1.82, 2.24) is 0 Å². The monoisotopic (exact) mass is 454 g/mol. The first-order chi connectivity index (χ1) is 14.6. The Morgan fingerprint density at radius 2 is 1.33 bits per heavy atom. The number of hydrogen-bond donors (Lipinski definition) is 1. The van der Waals surface area contributed by atoms with E-state index in [2.05, 4.69) is 0 Å². The Labute approximate surface area is 183 Å².